The molecule has 6 nitrogen and oxygen atoms in total. The summed E-state index contributed by atoms with van der Waals surface area (Å²) >= 11 is 0. The highest BCUT2D eigenvalue weighted by Crippen LogP contribution is 2.26. The monoisotopic (exact) mass is 442 g/mol. The molecule has 4 rings (SSSR count). The average Bonchev–Trinajstić information content (AvgIpc) is 3.18. The lowest BCUT2D eigenvalue weighted by Gasteiger charge is -2.13. The zero-order chi connectivity index (χ0) is 23.4. The van der Waals surface area contributed by atoms with E-state index in [1.54, 1.807) is 17.9 Å². The first kappa shape index (κ1) is 22.1. The molecule has 168 valence electrons. The summed E-state index contributed by atoms with van der Waals surface area (Å²) in [6, 6.07) is 20.6. The molecule has 0 spiro atoms. The Kier molecular flexibility index (Phi) is 6.45. The number of para-hydroxylation sites is 2. The van der Waals surface area contributed by atoms with Gasteiger partial charge < -0.3 is 19.4 Å². The predicted molar refractivity (Wildman–Crippen MR) is 129 cm³/mol. The number of hydrogen-bond acceptors (Lipinski definition) is 4. The van der Waals surface area contributed by atoms with Crippen LogP contribution < -0.4 is 14.8 Å². The van der Waals surface area contributed by atoms with Gasteiger partial charge in [0.2, 0.25) is 11.7 Å². The molecule has 1 N–H and O–H groups in total. The zero-order valence-corrected chi connectivity index (χ0v) is 18.9. The third-order valence-electron chi connectivity index (χ3n) is 5.53. The molecular weight excluding hydrogens is 416 g/mol. The fourth-order valence-corrected chi connectivity index (χ4v) is 3.83. The van der Waals surface area contributed by atoms with Crippen LogP contribution in [-0.2, 0) is 11.3 Å². The molecule has 0 bridgehead atoms. The number of rotatable bonds is 8. The van der Waals surface area contributed by atoms with Gasteiger partial charge in [0, 0.05) is 28.4 Å². The molecule has 6 heteroatoms. The van der Waals surface area contributed by atoms with Gasteiger partial charge in [0.25, 0.3) is 0 Å². The normalized spacial score (nSPS) is 10.8. The van der Waals surface area contributed by atoms with Gasteiger partial charge in [-0.2, -0.15) is 0 Å². The standard InChI is InChI=1S/C27H26N2O4/c1-18-14-26(32-3)19(2)13-23(18)28-27(31)16-29-15-22(21-11-7-8-12-24(21)29)25(30)17-33-20-9-5-4-6-10-20/h4-15H,16-17H2,1-3H3,(H,28,31). The average molecular weight is 443 g/mol. The van der Waals surface area contributed by atoms with Crippen molar-refractivity contribution in [2.24, 2.45) is 0 Å². The molecule has 1 amide bonds. The van der Waals surface area contributed by atoms with E-state index in [1.807, 2.05) is 80.6 Å². The van der Waals surface area contributed by atoms with Crippen LogP contribution in [0.4, 0.5) is 5.69 Å². The third kappa shape index (κ3) is 4.90. The lowest BCUT2D eigenvalue weighted by atomic mass is 10.1. The largest absolute Gasteiger partial charge is 0.496 e. The molecular formula is C27H26N2O4. The number of benzene rings is 3. The van der Waals surface area contributed by atoms with Crippen LogP contribution in [-0.4, -0.2) is 30.0 Å². The molecule has 0 atom stereocenters. The van der Waals surface area contributed by atoms with Crippen molar-refractivity contribution in [1.82, 2.24) is 4.57 Å². The highest BCUT2D eigenvalue weighted by atomic mass is 16.5. The van der Waals surface area contributed by atoms with Crippen molar-refractivity contribution in [3.05, 3.63) is 89.6 Å². The lowest BCUT2D eigenvalue weighted by molar-refractivity contribution is -0.116. The molecule has 1 aromatic heterocycles. The Bertz CT molecular complexity index is 1310. The van der Waals surface area contributed by atoms with Crippen molar-refractivity contribution in [1.29, 1.82) is 0 Å². The summed E-state index contributed by atoms with van der Waals surface area (Å²) in [5.41, 5.74) is 3.94. The molecule has 0 aliphatic carbocycles. The Hall–Kier alpha value is -4.06. The van der Waals surface area contributed by atoms with Crippen molar-refractivity contribution in [2.75, 3.05) is 19.0 Å². The minimum absolute atomic E-state index is 0.0749. The maximum atomic E-state index is 12.9. The first-order chi connectivity index (χ1) is 16.0. The number of nitrogens with zero attached hydrogens (tertiary/aromatic N) is 1. The van der Waals surface area contributed by atoms with Crippen LogP contribution in [0.15, 0.2) is 72.9 Å². The van der Waals surface area contributed by atoms with Crippen LogP contribution in [0.2, 0.25) is 0 Å². The number of hydrogen-bond donors (Lipinski definition) is 1. The lowest BCUT2D eigenvalue weighted by Crippen LogP contribution is -2.19. The summed E-state index contributed by atoms with van der Waals surface area (Å²) < 4.78 is 12.8. The number of fused-ring (bicyclic) bond motifs is 1. The van der Waals surface area contributed by atoms with Crippen molar-refractivity contribution in [3.63, 3.8) is 0 Å². The number of nitrogens with one attached hydrogen (secondary N) is 1. The van der Waals surface area contributed by atoms with Gasteiger partial charge in [-0.3, -0.25) is 9.59 Å². The second kappa shape index (κ2) is 9.61. The number of carbonyl (C=O) groups excluding carboxylic acids is 2. The number of carbonyl (C=O) groups is 2. The highest BCUT2D eigenvalue weighted by Gasteiger charge is 2.17. The molecule has 3 aromatic carbocycles. The van der Waals surface area contributed by atoms with Gasteiger partial charge in [0.1, 0.15) is 18.0 Å². The molecule has 0 saturated heterocycles. The van der Waals surface area contributed by atoms with Gasteiger partial charge in [-0.15, -0.1) is 0 Å². The van der Waals surface area contributed by atoms with Gasteiger partial charge >= 0.3 is 0 Å². The summed E-state index contributed by atoms with van der Waals surface area (Å²) in [5.74, 6) is 1.10. The van der Waals surface area contributed by atoms with Crippen molar-refractivity contribution in [3.8, 4) is 11.5 Å². The number of aryl methyl sites for hydroxylation is 2. The third-order valence-corrected chi connectivity index (χ3v) is 5.53. The fraction of sp³-hybridized carbons (Fsp3) is 0.185. The van der Waals surface area contributed by atoms with E-state index in [-0.39, 0.29) is 24.8 Å². The van der Waals surface area contributed by atoms with Gasteiger partial charge in [-0.05, 0) is 55.3 Å². The number of aromatic nitrogens is 1. The highest BCUT2D eigenvalue weighted by molar-refractivity contribution is 6.09. The van der Waals surface area contributed by atoms with Gasteiger partial charge in [0.05, 0.1) is 7.11 Å². The Morgan fingerprint density at radius 1 is 0.939 bits per heavy atom. The van der Waals surface area contributed by atoms with Crippen molar-refractivity contribution < 1.29 is 19.1 Å². The molecule has 0 fully saturated rings. The summed E-state index contributed by atoms with van der Waals surface area (Å²) in [5, 5.41) is 3.77. The first-order valence-electron chi connectivity index (χ1n) is 10.7. The maximum Gasteiger partial charge on any atom is 0.244 e. The molecule has 0 saturated carbocycles. The Morgan fingerprint density at radius 3 is 2.42 bits per heavy atom. The van der Waals surface area contributed by atoms with E-state index < -0.39 is 0 Å². The van der Waals surface area contributed by atoms with E-state index in [0.717, 1.165) is 33.5 Å². The number of ketones is 1. The topological polar surface area (TPSA) is 69.6 Å². The minimum Gasteiger partial charge on any atom is -0.496 e. The molecule has 4 aromatic rings. The van der Waals surface area contributed by atoms with E-state index in [2.05, 4.69) is 5.32 Å². The predicted octanol–water partition coefficient (Wildman–Crippen LogP) is 5.17. The van der Waals surface area contributed by atoms with Crippen LogP contribution in [0.5, 0.6) is 11.5 Å². The Labute approximate surface area is 192 Å². The molecule has 1 heterocycles. The van der Waals surface area contributed by atoms with Crippen molar-refractivity contribution in [2.45, 2.75) is 20.4 Å². The summed E-state index contributed by atoms with van der Waals surface area (Å²) in [4.78, 5) is 25.8. The number of ether oxygens (including phenoxy) is 2. The first-order valence-corrected chi connectivity index (χ1v) is 10.7. The molecule has 0 aliphatic heterocycles. The van der Waals surface area contributed by atoms with Crippen LogP contribution in [0.3, 0.4) is 0 Å². The van der Waals surface area contributed by atoms with E-state index >= 15 is 0 Å². The van der Waals surface area contributed by atoms with Crippen LogP contribution >= 0.6 is 0 Å². The second-order valence-electron chi connectivity index (χ2n) is 7.90. The molecule has 0 radical (unpaired) electrons. The van der Waals surface area contributed by atoms with Crippen LogP contribution in [0, 0.1) is 13.8 Å². The Balaban J connectivity index is 1.53. The molecule has 0 aliphatic rings. The smallest absolute Gasteiger partial charge is 0.244 e. The van der Waals surface area contributed by atoms with Gasteiger partial charge in [-0.1, -0.05) is 36.4 Å². The van der Waals surface area contributed by atoms with Crippen LogP contribution in [0.25, 0.3) is 10.9 Å². The van der Waals surface area contributed by atoms with Crippen LogP contribution in [0.1, 0.15) is 21.5 Å². The van der Waals surface area contributed by atoms with Crippen molar-refractivity contribution >= 4 is 28.3 Å². The van der Waals surface area contributed by atoms with E-state index in [9.17, 15) is 9.59 Å². The minimum atomic E-state index is -0.178. The second-order valence-corrected chi connectivity index (χ2v) is 7.90. The number of amides is 1. The van der Waals surface area contributed by atoms with Gasteiger partial charge in [-0.25, -0.2) is 0 Å². The summed E-state index contributed by atoms with van der Waals surface area (Å²) in [6.45, 7) is 3.86. The summed E-state index contributed by atoms with van der Waals surface area (Å²) in [6.07, 6.45) is 1.73. The fourth-order valence-electron chi connectivity index (χ4n) is 3.83. The van der Waals surface area contributed by atoms with E-state index in [0.29, 0.717) is 11.3 Å². The van der Waals surface area contributed by atoms with Gasteiger partial charge in [0.15, 0.2) is 6.61 Å². The quantitative estimate of drug-likeness (QED) is 0.382. The van der Waals surface area contributed by atoms with E-state index in [1.165, 1.54) is 0 Å². The summed E-state index contributed by atoms with van der Waals surface area (Å²) in [7, 11) is 1.63. The van der Waals surface area contributed by atoms with E-state index in [4.69, 9.17) is 9.47 Å². The zero-order valence-electron chi connectivity index (χ0n) is 18.9. The number of Topliss-reactive ketones (excluding diaryl/α,β-unsaturated/α-hetero) is 1. The Morgan fingerprint density at radius 2 is 1.67 bits per heavy atom. The number of anilines is 1. The molecule has 33 heavy (non-hydrogen) atoms. The number of methoxy groups -OCH3 is 1. The SMILES string of the molecule is COc1cc(C)c(NC(=O)Cn2cc(C(=O)COc3ccccc3)c3ccccc32)cc1C. The molecule has 0 unspecified atom stereocenters. The maximum absolute atomic E-state index is 12.9.